The molecule has 0 radical (unpaired) electrons. The first-order valence-electron chi connectivity index (χ1n) is 25.4. The molecule has 3 aliphatic rings. The van der Waals surface area contributed by atoms with E-state index < -0.39 is 147 Å². The maximum Gasteiger partial charge on any atom is 0.303 e. The van der Waals surface area contributed by atoms with Gasteiger partial charge in [-0.2, -0.15) is 0 Å². The van der Waals surface area contributed by atoms with E-state index in [2.05, 4.69) is 15.9 Å². The molecule has 3 aromatic rings. The zero-order chi connectivity index (χ0) is 57.0. The van der Waals surface area contributed by atoms with Gasteiger partial charge in [0.1, 0.15) is 55.9 Å². The van der Waals surface area contributed by atoms with Crippen LogP contribution in [0.4, 0.5) is 0 Å². The minimum Gasteiger partial charge on any atom is -0.463 e. The van der Waals surface area contributed by atoms with Gasteiger partial charge in [0.05, 0.1) is 33.0 Å². The first kappa shape index (κ1) is 62.3. The second-order valence-electron chi connectivity index (χ2n) is 18.4. The van der Waals surface area contributed by atoms with Crippen molar-refractivity contribution in [3.05, 3.63) is 108 Å². The molecule has 0 spiro atoms. The number of carbonyl (C=O) groups is 7. The molecule has 3 heterocycles. The fraction of sp³-hybridized carbons (Fsp3) is 0.545. The van der Waals surface area contributed by atoms with Gasteiger partial charge in [-0.25, -0.2) is 0 Å². The Morgan fingerprint density at radius 1 is 0.380 bits per heavy atom. The molecule has 15 atom stereocenters. The van der Waals surface area contributed by atoms with Gasteiger partial charge in [-0.05, 0) is 16.7 Å². The number of hydrogen-bond donors (Lipinski definition) is 0. The lowest BCUT2D eigenvalue weighted by Gasteiger charge is -2.50. The molecule has 0 saturated carbocycles. The Balaban J connectivity index is 1.47. The van der Waals surface area contributed by atoms with Gasteiger partial charge in [0.2, 0.25) is 0 Å². The quantitative estimate of drug-likeness (QED) is 0.0607. The lowest BCUT2D eigenvalue weighted by molar-refractivity contribution is -0.384. The van der Waals surface area contributed by atoms with Gasteiger partial charge < -0.3 is 75.8 Å². The van der Waals surface area contributed by atoms with Crippen LogP contribution >= 0.6 is 15.9 Å². The minimum absolute atomic E-state index is 0.00920. The SMILES string of the molecule is CC(=O)OC[C@H]1O[C@H](O[C@@H]2[C@H](OC(C)=O)[C@@H](OC(C)=O)[C@H](O[C@H]3[C@H](OCc4ccccc4)[C@@H](OCc4ccccc4)[C@H](OCCBr)O[C@@H]3COCc3ccccc3)O[C@@H]2COC(C)=O)[C@H](OC(C)=O)[C@@H](OC(C)=O)[C@H]1OC(C)=O. The van der Waals surface area contributed by atoms with Crippen molar-refractivity contribution in [2.75, 3.05) is 31.8 Å². The zero-order valence-corrected chi connectivity index (χ0v) is 46.3. The molecule has 0 unspecified atom stereocenters. The zero-order valence-electron chi connectivity index (χ0n) is 44.7. The highest BCUT2D eigenvalue weighted by molar-refractivity contribution is 9.09. The van der Waals surface area contributed by atoms with Crippen LogP contribution in [0.2, 0.25) is 0 Å². The fourth-order valence-corrected chi connectivity index (χ4v) is 9.16. The summed E-state index contributed by atoms with van der Waals surface area (Å²) in [4.78, 5) is 89.6. The maximum atomic E-state index is 13.4. The number of esters is 7. The summed E-state index contributed by atoms with van der Waals surface area (Å²) < 4.78 is 99.1. The van der Waals surface area contributed by atoms with Gasteiger partial charge >= 0.3 is 41.8 Å². The summed E-state index contributed by atoms with van der Waals surface area (Å²) in [5.74, 6) is -6.20. The standard InChI is InChI=1S/C55H67BrO23/c1-31(57)66-29-42-45(70-33(3)59)48(71-34(4)60)51(73-36(6)62)55(76-42)79-46-43(30-67-32(2)58)77-54(52(74-37(7)63)49(46)72-35(5)61)78-44-41(28-64-25-38-17-11-8-12-18-38)75-53(65-24-23-56)50(69-27-40-21-15-10-16-22-40)47(44)68-26-39-19-13-9-14-20-39/h8-22,41-55H,23-30H2,1-7H3/t41-,42-,43-,44-,45+,46+,47+,48+,49+,50-,51-,52-,53-,54+,55-/m1/s1. The molecule has 0 aliphatic carbocycles. The van der Waals surface area contributed by atoms with E-state index in [-0.39, 0.29) is 33.0 Å². The summed E-state index contributed by atoms with van der Waals surface area (Å²) in [6.45, 7) is 6.41. The number of alkyl halides is 1. The first-order chi connectivity index (χ1) is 37.9. The van der Waals surface area contributed by atoms with Crippen molar-refractivity contribution in [1.29, 1.82) is 0 Å². The second-order valence-corrected chi connectivity index (χ2v) is 19.2. The van der Waals surface area contributed by atoms with Gasteiger partial charge in [0.25, 0.3) is 0 Å². The number of benzene rings is 3. The Kier molecular flexibility index (Phi) is 24.6. The van der Waals surface area contributed by atoms with E-state index >= 15 is 0 Å². The third-order valence-corrected chi connectivity index (χ3v) is 12.4. The summed E-state index contributed by atoms with van der Waals surface area (Å²) in [6.07, 6.45) is -22.8. The van der Waals surface area contributed by atoms with Crippen LogP contribution in [0.5, 0.6) is 0 Å². The van der Waals surface area contributed by atoms with Crippen molar-refractivity contribution >= 4 is 57.7 Å². The Morgan fingerprint density at radius 2 is 0.734 bits per heavy atom. The number of hydrogen-bond acceptors (Lipinski definition) is 23. The van der Waals surface area contributed by atoms with E-state index in [0.717, 1.165) is 65.2 Å². The summed E-state index contributed by atoms with van der Waals surface area (Å²) >= 11 is 3.45. The van der Waals surface area contributed by atoms with Crippen molar-refractivity contribution < 1.29 is 109 Å². The van der Waals surface area contributed by atoms with Crippen LogP contribution in [-0.2, 0) is 129 Å². The van der Waals surface area contributed by atoms with E-state index in [1.54, 1.807) is 0 Å². The van der Waals surface area contributed by atoms with Gasteiger partial charge in [-0.3, -0.25) is 33.6 Å². The highest BCUT2D eigenvalue weighted by Gasteiger charge is 2.59. The molecule has 3 fully saturated rings. The minimum atomic E-state index is -1.91. The molecule has 3 aliphatic heterocycles. The number of rotatable bonds is 26. The monoisotopic (exact) mass is 1170 g/mol. The maximum absolute atomic E-state index is 13.4. The van der Waals surface area contributed by atoms with E-state index in [9.17, 15) is 33.6 Å². The van der Waals surface area contributed by atoms with Gasteiger partial charge in [-0.15, -0.1) is 0 Å². The summed E-state index contributed by atoms with van der Waals surface area (Å²) in [6, 6.07) is 28.0. The molecular formula is C55H67BrO23. The van der Waals surface area contributed by atoms with E-state index in [1.807, 2.05) is 91.0 Å². The van der Waals surface area contributed by atoms with Crippen molar-refractivity contribution in [3.63, 3.8) is 0 Å². The molecule has 0 amide bonds. The molecular weight excluding hydrogens is 1110 g/mol. The molecule has 24 heteroatoms. The highest BCUT2D eigenvalue weighted by atomic mass is 79.9. The van der Waals surface area contributed by atoms with Crippen LogP contribution in [0.25, 0.3) is 0 Å². The number of ether oxygens (including phenoxy) is 16. The largest absolute Gasteiger partial charge is 0.463 e. The van der Waals surface area contributed by atoms with Crippen molar-refractivity contribution in [2.45, 2.75) is 160 Å². The first-order valence-corrected chi connectivity index (χ1v) is 26.5. The van der Waals surface area contributed by atoms with E-state index in [4.69, 9.17) is 75.8 Å². The van der Waals surface area contributed by atoms with Crippen LogP contribution < -0.4 is 0 Å². The third-order valence-electron chi connectivity index (χ3n) is 12.1. The number of carbonyl (C=O) groups excluding carboxylic acids is 7. The predicted molar refractivity (Wildman–Crippen MR) is 273 cm³/mol. The predicted octanol–water partition coefficient (Wildman–Crippen LogP) is 4.52. The Morgan fingerprint density at radius 3 is 1.16 bits per heavy atom. The summed E-state index contributed by atoms with van der Waals surface area (Å²) in [7, 11) is 0. The van der Waals surface area contributed by atoms with Gasteiger partial charge in [0, 0.05) is 53.8 Å². The van der Waals surface area contributed by atoms with Gasteiger partial charge in [-0.1, -0.05) is 107 Å². The lowest BCUT2D eigenvalue weighted by atomic mass is 9.95. The van der Waals surface area contributed by atoms with Crippen molar-refractivity contribution in [3.8, 4) is 0 Å². The second kappa shape index (κ2) is 31.2. The average molecular weight is 1180 g/mol. The Hall–Kier alpha value is -5.93. The Labute approximate surface area is 465 Å². The topological polar surface area (TPSA) is 267 Å². The molecule has 6 rings (SSSR count). The van der Waals surface area contributed by atoms with Crippen LogP contribution in [-0.4, -0.2) is 166 Å². The molecule has 432 valence electrons. The molecule has 3 saturated heterocycles. The van der Waals surface area contributed by atoms with Crippen LogP contribution in [0, 0.1) is 0 Å². The van der Waals surface area contributed by atoms with E-state index in [0.29, 0.717) is 5.33 Å². The highest BCUT2D eigenvalue weighted by Crippen LogP contribution is 2.39. The van der Waals surface area contributed by atoms with Crippen LogP contribution in [0.1, 0.15) is 65.2 Å². The van der Waals surface area contributed by atoms with Crippen LogP contribution in [0.15, 0.2) is 91.0 Å². The fourth-order valence-electron chi connectivity index (χ4n) is 8.97. The normalized spacial score (nSPS) is 28.5. The number of halogens is 1. The van der Waals surface area contributed by atoms with Crippen LogP contribution in [0.3, 0.4) is 0 Å². The smallest absolute Gasteiger partial charge is 0.303 e. The third kappa shape index (κ3) is 19.1. The molecule has 3 aromatic carbocycles. The van der Waals surface area contributed by atoms with Crippen molar-refractivity contribution in [1.82, 2.24) is 0 Å². The Bertz CT molecular complexity index is 2430. The summed E-state index contributed by atoms with van der Waals surface area (Å²) in [5.41, 5.74) is 2.42. The van der Waals surface area contributed by atoms with Crippen molar-refractivity contribution in [2.24, 2.45) is 0 Å². The van der Waals surface area contributed by atoms with Gasteiger partial charge in [0.15, 0.2) is 49.4 Å². The van der Waals surface area contributed by atoms with E-state index in [1.165, 1.54) is 0 Å². The average Bonchev–Trinajstić information content (AvgIpc) is 3.49. The lowest BCUT2D eigenvalue weighted by Crippen LogP contribution is -2.68. The molecule has 0 bridgehead atoms. The molecule has 0 N–H and O–H groups in total. The molecule has 79 heavy (non-hydrogen) atoms. The molecule has 23 nitrogen and oxygen atoms in total. The summed E-state index contributed by atoms with van der Waals surface area (Å²) in [5, 5.41) is 0.422. The molecule has 0 aromatic heterocycles.